The van der Waals surface area contributed by atoms with Gasteiger partial charge in [-0.1, -0.05) is 6.92 Å². The highest BCUT2D eigenvalue weighted by atomic mass is 19.1. The van der Waals surface area contributed by atoms with E-state index in [1.165, 1.54) is 16.8 Å². The van der Waals surface area contributed by atoms with Gasteiger partial charge in [-0.3, -0.25) is 4.79 Å². The van der Waals surface area contributed by atoms with E-state index < -0.39 is 11.4 Å². The number of aliphatic carboxylic acids is 1. The first-order valence-electron chi connectivity index (χ1n) is 6.63. The third-order valence-electron chi connectivity index (χ3n) is 3.63. The van der Waals surface area contributed by atoms with E-state index in [1.54, 1.807) is 26.8 Å². The Morgan fingerprint density at radius 3 is 2.71 bits per heavy atom. The number of benzene rings is 1. The van der Waals surface area contributed by atoms with Crippen LogP contribution in [0.15, 0.2) is 18.2 Å². The Labute approximate surface area is 121 Å². The summed E-state index contributed by atoms with van der Waals surface area (Å²) in [5.74, 6) is -0.934. The van der Waals surface area contributed by atoms with Crippen molar-refractivity contribution in [2.45, 2.75) is 33.7 Å². The lowest BCUT2D eigenvalue weighted by Gasteiger charge is -2.22. The zero-order chi connectivity index (χ0) is 15.6. The van der Waals surface area contributed by atoms with Crippen LogP contribution >= 0.6 is 0 Å². The lowest BCUT2D eigenvalue weighted by atomic mass is 9.88. The molecule has 1 atom stereocenters. The van der Waals surface area contributed by atoms with Gasteiger partial charge in [-0.15, -0.1) is 5.10 Å². The predicted molar refractivity (Wildman–Crippen MR) is 74.0 cm³/mol. The predicted octanol–water partition coefficient (Wildman–Crippen LogP) is 2.29. The first-order valence-corrected chi connectivity index (χ1v) is 6.63. The Kier molecular flexibility index (Phi) is 4.02. The lowest BCUT2D eigenvalue weighted by molar-refractivity contribution is -0.149. The van der Waals surface area contributed by atoms with Crippen molar-refractivity contribution in [3.8, 4) is 11.4 Å². The van der Waals surface area contributed by atoms with Crippen LogP contribution < -0.4 is 0 Å². The SMILES string of the molecule is CCC(C)(Cn1nnnc1-c1cc(C)cc(F)c1)C(=O)O. The number of tetrazole rings is 1. The first-order chi connectivity index (χ1) is 9.85. The summed E-state index contributed by atoms with van der Waals surface area (Å²) in [7, 11) is 0. The highest BCUT2D eigenvalue weighted by Crippen LogP contribution is 2.26. The van der Waals surface area contributed by atoms with Gasteiger partial charge in [0, 0.05) is 5.56 Å². The summed E-state index contributed by atoms with van der Waals surface area (Å²) in [6.45, 7) is 5.33. The molecule has 1 aromatic carbocycles. The van der Waals surface area contributed by atoms with E-state index in [9.17, 15) is 14.3 Å². The van der Waals surface area contributed by atoms with Crippen LogP contribution in [0.1, 0.15) is 25.8 Å². The molecule has 112 valence electrons. The lowest BCUT2D eigenvalue weighted by Crippen LogP contribution is -2.32. The largest absolute Gasteiger partial charge is 0.481 e. The molecule has 6 nitrogen and oxygen atoms in total. The molecule has 0 saturated heterocycles. The van der Waals surface area contributed by atoms with Crippen LogP contribution in [0, 0.1) is 18.2 Å². The molecular weight excluding hydrogens is 275 g/mol. The Morgan fingerprint density at radius 1 is 1.43 bits per heavy atom. The van der Waals surface area contributed by atoms with Crippen LogP contribution in [0.5, 0.6) is 0 Å². The highest BCUT2D eigenvalue weighted by molar-refractivity contribution is 5.74. The Balaban J connectivity index is 2.41. The number of carboxylic acids is 1. The summed E-state index contributed by atoms with van der Waals surface area (Å²) in [5, 5.41) is 20.6. The second kappa shape index (κ2) is 5.59. The fourth-order valence-corrected chi connectivity index (χ4v) is 2.04. The second-order valence-electron chi connectivity index (χ2n) is 5.40. The number of carbonyl (C=O) groups is 1. The molecule has 0 aliphatic carbocycles. The molecule has 1 heterocycles. The molecule has 0 amide bonds. The molecule has 2 rings (SSSR count). The summed E-state index contributed by atoms with van der Waals surface area (Å²) in [4.78, 5) is 11.4. The van der Waals surface area contributed by atoms with Crippen molar-refractivity contribution in [1.29, 1.82) is 0 Å². The van der Waals surface area contributed by atoms with Gasteiger partial charge >= 0.3 is 5.97 Å². The van der Waals surface area contributed by atoms with Crippen molar-refractivity contribution >= 4 is 5.97 Å². The number of hydrogen-bond donors (Lipinski definition) is 1. The Morgan fingerprint density at radius 2 is 2.14 bits per heavy atom. The molecule has 1 unspecified atom stereocenters. The maximum atomic E-state index is 13.5. The number of carboxylic acid groups (broad SMARTS) is 1. The van der Waals surface area contributed by atoms with Crippen molar-refractivity contribution in [2.24, 2.45) is 5.41 Å². The first kappa shape index (κ1) is 15.1. The maximum absolute atomic E-state index is 13.5. The number of nitrogens with zero attached hydrogens (tertiary/aromatic N) is 4. The van der Waals surface area contributed by atoms with Crippen LogP contribution in [-0.2, 0) is 11.3 Å². The van der Waals surface area contributed by atoms with Gasteiger partial charge < -0.3 is 5.11 Å². The highest BCUT2D eigenvalue weighted by Gasteiger charge is 2.33. The van der Waals surface area contributed by atoms with Gasteiger partial charge in [0.05, 0.1) is 12.0 Å². The van der Waals surface area contributed by atoms with E-state index in [2.05, 4.69) is 15.5 Å². The van der Waals surface area contributed by atoms with E-state index in [0.717, 1.165) is 5.56 Å². The van der Waals surface area contributed by atoms with E-state index >= 15 is 0 Å². The number of halogens is 1. The molecule has 2 aromatic rings. The standard InChI is InChI=1S/C14H17FN4O2/c1-4-14(3,13(20)21)8-19-12(16-17-18-19)10-5-9(2)6-11(15)7-10/h5-7H,4,8H2,1-3H3,(H,20,21). The van der Waals surface area contributed by atoms with Crippen molar-refractivity contribution in [3.63, 3.8) is 0 Å². The zero-order valence-corrected chi connectivity index (χ0v) is 12.2. The van der Waals surface area contributed by atoms with Crippen molar-refractivity contribution < 1.29 is 14.3 Å². The molecular formula is C14H17FN4O2. The molecule has 7 heteroatoms. The number of aryl methyl sites for hydroxylation is 1. The van der Waals surface area contributed by atoms with Crippen molar-refractivity contribution in [2.75, 3.05) is 0 Å². The average molecular weight is 292 g/mol. The van der Waals surface area contributed by atoms with Crippen LogP contribution in [0.25, 0.3) is 11.4 Å². The monoisotopic (exact) mass is 292 g/mol. The van der Waals surface area contributed by atoms with Gasteiger partial charge in [0.2, 0.25) is 0 Å². The summed E-state index contributed by atoms with van der Waals surface area (Å²) >= 11 is 0. The molecule has 21 heavy (non-hydrogen) atoms. The normalized spacial score (nSPS) is 13.9. The summed E-state index contributed by atoms with van der Waals surface area (Å²) in [5.41, 5.74) is 0.296. The molecule has 1 aromatic heterocycles. The van der Waals surface area contributed by atoms with E-state index in [-0.39, 0.29) is 12.4 Å². The Bertz CT molecular complexity index is 650. The van der Waals surface area contributed by atoms with Crippen LogP contribution in [0.3, 0.4) is 0 Å². The summed E-state index contributed by atoms with van der Waals surface area (Å²) < 4.78 is 14.9. The van der Waals surface area contributed by atoms with Gasteiger partial charge in [0.25, 0.3) is 0 Å². The minimum atomic E-state index is -0.980. The van der Waals surface area contributed by atoms with Crippen LogP contribution in [0.4, 0.5) is 4.39 Å². The molecule has 0 spiro atoms. The van der Waals surface area contributed by atoms with Crippen LogP contribution in [-0.4, -0.2) is 31.3 Å². The number of aromatic nitrogens is 4. The average Bonchev–Trinajstić information content (AvgIpc) is 2.85. The smallest absolute Gasteiger partial charge is 0.311 e. The molecule has 1 N–H and O–H groups in total. The quantitative estimate of drug-likeness (QED) is 0.914. The van der Waals surface area contributed by atoms with Gasteiger partial charge in [-0.25, -0.2) is 9.07 Å². The molecule has 0 aliphatic rings. The fourth-order valence-electron chi connectivity index (χ4n) is 2.04. The molecule has 0 aliphatic heterocycles. The van der Waals surface area contributed by atoms with Gasteiger partial charge in [-0.05, 0) is 54.5 Å². The third-order valence-corrected chi connectivity index (χ3v) is 3.63. The number of hydrogen-bond acceptors (Lipinski definition) is 4. The second-order valence-corrected chi connectivity index (χ2v) is 5.40. The van der Waals surface area contributed by atoms with Crippen LogP contribution in [0.2, 0.25) is 0 Å². The molecule has 0 saturated carbocycles. The Hall–Kier alpha value is -2.31. The third kappa shape index (κ3) is 3.07. The number of rotatable bonds is 5. The van der Waals surface area contributed by atoms with E-state index in [4.69, 9.17) is 0 Å². The molecule has 0 fully saturated rings. The fraction of sp³-hybridized carbons (Fsp3) is 0.429. The van der Waals surface area contributed by atoms with E-state index in [1.807, 2.05) is 0 Å². The molecule has 0 bridgehead atoms. The van der Waals surface area contributed by atoms with Gasteiger partial charge in [0.1, 0.15) is 5.82 Å². The summed E-state index contributed by atoms with van der Waals surface area (Å²) in [6, 6.07) is 4.50. The van der Waals surface area contributed by atoms with Crippen molar-refractivity contribution in [1.82, 2.24) is 20.2 Å². The van der Waals surface area contributed by atoms with Crippen molar-refractivity contribution in [3.05, 3.63) is 29.6 Å². The zero-order valence-electron chi connectivity index (χ0n) is 12.2. The minimum absolute atomic E-state index is 0.122. The minimum Gasteiger partial charge on any atom is -0.481 e. The van der Waals surface area contributed by atoms with E-state index in [0.29, 0.717) is 17.8 Å². The maximum Gasteiger partial charge on any atom is 0.311 e. The van der Waals surface area contributed by atoms with Gasteiger partial charge in [-0.2, -0.15) is 0 Å². The topological polar surface area (TPSA) is 80.9 Å². The molecule has 0 radical (unpaired) electrons. The summed E-state index contributed by atoms with van der Waals surface area (Å²) in [6.07, 6.45) is 0.434. The van der Waals surface area contributed by atoms with Gasteiger partial charge in [0.15, 0.2) is 5.82 Å².